The van der Waals surface area contributed by atoms with E-state index in [0.717, 1.165) is 82.6 Å². The first kappa shape index (κ1) is 53.0. The molecule has 7 atom stereocenters. The molecule has 8 heterocycles. The van der Waals surface area contributed by atoms with E-state index in [1.165, 1.54) is 45.9 Å². The van der Waals surface area contributed by atoms with Gasteiger partial charge in [-0.05, 0) is 94.2 Å². The number of carbonyl (C=O) groups excluding carboxylic acids is 4. The molecule has 19 heteroatoms. The Labute approximate surface area is 454 Å². The number of fused-ring (bicyclic) bond motifs is 8. The summed E-state index contributed by atoms with van der Waals surface area (Å²) in [7, 11) is 3.30. The average Bonchev–Trinajstić information content (AvgIpc) is 4.01. The van der Waals surface area contributed by atoms with Crippen molar-refractivity contribution in [3.63, 3.8) is 0 Å². The molecular weight excluding hydrogens is 998 g/mol. The van der Waals surface area contributed by atoms with Crippen LogP contribution in [-0.2, 0) is 42.5 Å². The third-order valence-electron chi connectivity index (χ3n) is 17.4. The van der Waals surface area contributed by atoms with Gasteiger partial charge in [-0.3, -0.25) is 34.3 Å². The van der Waals surface area contributed by atoms with Crippen LogP contribution in [0.2, 0.25) is 0 Å². The zero-order chi connectivity index (χ0) is 54.1. The van der Waals surface area contributed by atoms with Gasteiger partial charge in [-0.1, -0.05) is 39.8 Å². The van der Waals surface area contributed by atoms with Gasteiger partial charge in [0.2, 0.25) is 5.91 Å². The molecule has 11 rings (SSSR count). The van der Waals surface area contributed by atoms with Gasteiger partial charge in [0, 0.05) is 117 Å². The topological polar surface area (TPSA) is 171 Å². The molecule has 4 amide bonds. The highest BCUT2D eigenvalue weighted by molar-refractivity contribution is 7.10. The second kappa shape index (κ2) is 21.0. The SMILES string of the molecule is CCn1c2c3c4cc(ccc41)-c1csc(n1)C[C@H](NC(=O)[C@H](C(C)C)N(C)C(=O)N1CCC[C@@H]1C(C)(F)c1ccccn1)C(=O)N1CCC[C@H](N1)C(=O)OCC(C)(C)C3[C@H](OC)c1ncc(N3CCN(C4CC4)CC3)cc1-2. The standard InChI is InChI=1S/C58H74FN11O6S/c1-9-68-43-20-17-35-28-38(43)47-48(52(75-8)49-39(51(47)68)29-37(31-61-49)67-26-24-66(25-27-67)36-18-19-36)57(4,5)33-76-55(73)40-14-12-23-70(64-40)54(72)41(30-46-62-42(35)32-77-46)63-53(71)50(34(2)3)65(7)56(74)69-22-13-16-45(69)58(6,59)44-15-10-11-21-60-44/h10-11,15,17,20-21,28-29,31-32,34,36,40-41,45,48,50,52,64H,9,12-14,16,18-19,22-27,30,33H2,1-8H3,(H,63,71)/t40-,41-,45+,48?,50-,52-,58?/m0/s1. The molecule has 4 fully saturated rings. The molecule has 1 aromatic carbocycles. The fourth-order valence-corrected chi connectivity index (χ4v) is 14.1. The van der Waals surface area contributed by atoms with Crippen LogP contribution in [0.3, 0.4) is 0 Å². The number of aromatic nitrogens is 4. The summed E-state index contributed by atoms with van der Waals surface area (Å²) in [6.07, 6.45) is 7.69. The average molecular weight is 1070 g/mol. The number of hydrazine groups is 1. The molecule has 6 aliphatic rings. The van der Waals surface area contributed by atoms with Crippen LogP contribution in [0.1, 0.15) is 114 Å². The monoisotopic (exact) mass is 1070 g/mol. The molecule has 1 saturated carbocycles. The number of methoxy groups -OCH3 is 1. The quantitative estimate of drug-likeness (QED) is 0.130. The van der Waals surface area contributed by atoms with Crippen LogP contribution in [0.4, 0.5) is 14.9 Å². The zero-order valence-corrected chi connectivity index (χ0v) is 46.6. The molecule has 2 N–H and O–H groups in total. The Hall–Kier alpha value is -6.02. The maximum absolute atomic E-state index is 16.7. The normalized spacial score (nSPS) is 25.0. The lowest BCUT2D eigenvalue weighted by molar-refractivity contribution is -0.156. The van der Waals surface area contributed by atoms with Gasteiger partial charge in [-0.2, -0.15) is 0 Å². The van der Waals surface area contributed by atoms with Gasteiger partial charge in [-0.25, -0.2) is 19.6 Å². The number of cyclic esters (lactones) is 1. The minimum Gasteiger partial charge on any atom is -0.464 e. The number of alkyl halides is 1. The molecule has 6 bridgehead atoms. The third-order valence-corrected chi connectivity index (χ3v) is 18.2. The maximum atomic E-state index is 16.7. The molecule has 0 radical (unpaired) electrons. The number of hydrogen-bond donors (Lipinski definition) is 2. The first-order chi connectivity index (χ1) is 37.0. The first-order valence-electron chi connectivity index (χ1n) is 27.8. The number of carbonyl (C=O) groups is 4. The maximum Gasteiger partial charge on any atom is 0.324 e. The molecular formula is C58H74FN11O6S. The summed E-state index contributed by atoms with van der Waals surface area (Å²) in [6, 6.07) is 10.3. The van der Waals surface area contributed by atoms with Crippen molar-refractivity contribution in [2.24, 2.45) is 11.3 Å². The van der Waals surface area contributed by atoms with Crippen LogP contribution in [0, 0.1) is 11.3 Å². The molecule has 3 saturated heterocycles. The third kappa shape index (κ3) is 9.77. The number of hydrogen-bond acceptors (Lipinski definition) is 13. The van der Waals surface area contributed by atoms with Gasteiger partial charge in [0.1, 0.15) is 24.2 Å². The van der Waals surface area contributed by atoms with Gasteiger partial charge in [0.05, 0.1) is 52.3 Å². The minimum absolute atomic E-state index is 0.0425. The van der Waals surface area contributed by atoms with Crippen LogP contribution in [0.25, 0.3) is 33.4 Å². The summed E-state index contributed by atoms with van der Waals surface area (Å²) in [6.45, 7) is 16.9. The highest BCUT2D eigenvalue weighted by Crippen LogP contribution is 2.57. The van der Waals surface area contributed by atoms with Gasteiger partial charge >= 0.3 is 12.0 Å². The number of benzene rings is 1. The van der Waals surface area contributed by atoms with Gasteiger partial charge < -0.3 is 34.1 Å². The number of amides is 4. The summed E-state index contributed by atoms with van der Waals surface area (Å²) in [5, 5.41) is 8.13. The van der Waals surface area contributed by atoms with Crippen LogP contribution in [0.5, 0.6) is 0 Å². The van der Waals surface area contributed by atoms with Crippen molar-refractivity contribution in [1.29, 1.82) is 0 Å². The Morgan fingerprint density at radius 3 is 2.52 bits per heavy atom. The lowest BCUT2D eigenvalue weighted by atomic mass is 9.67. The van der Waals surface area contributed by atoms with Crippen LogP contribution < -0.4 is 15.6 Å². The lowest BCUT2D eigenvalue weighted by Gasteiger charge is -2.43. The van der Waals surface area contributed by atoms with Crippen LogP contribution >= 0.6 is 11.3 Å². The van der Waals surface area contributed by atoms with Gasteiger partial charge in [0.15, 0.2) is 5.67 Å². The summed E-state index contributed by atoms with van der Waals surface area (Å²) < 4.78 is 32.0. The molecule has 77 heavy (non-hydrogen) atoms. The Morgan fingerprint density at radius 1 is 1.03 bits per heavy atom. The highest BCUT2D eigenvalue weighted by atomic mass is 32.1. The molecule has 0 spiro atoms. The van der Waals surface area contributed by atoms with Crippen molar-refractivity contribution >= 4 is 51.7 Å². The number of urea groups is 1. The van der Waals surface area contributed by atoms with E-state index in [1.54, 1.807) is 38.6 Å². The number of likely N-dealkylation sites (tertiary alicyclic amines) is 1. The number of ether oxygens (including phenoxy) is 2. The van der Waals surface area contributed by atoms with E-state index in [2.05, 4.69) is 75.1 Å². The first-order valence-corrected chi connectivity index (χ1v) is 28.7. The minimum atomic E-state index is -1.94. The molecule has 2 aliphatic carbocycles. The predicted octanol–water partition coefficient (Wildman–Crippen LogP) is 7.84. The highest BCUT2D eigenvalue weighted by Gasteiger charge is 2.50. The summed E-state index contributed by atoms with van der Waals surface area (Å²) >= 11 is 1.41. The number of thiazole rings is 1. The van der Waals surface area contributed by atoms with Crippen molar-refractivity contribution in [2.45, 2.75) is 141 Å². The molecule has 410 valence electrons. The van der Waals surface area contributed by atoms with Gasteiger partial charge in [-0.15, -0.1) is 11.3 Å². The van der Waals surface area contributed by atoms with E-state index < -0.39 is 71.1 Å². The smallest absolute Gasteiger partial charge is 0.324 e. The van der Waals surface area contributed by atoms with Crippen molar-refractivity contribution < 1.29 is 33.0 Å². The van der Waals surface area contributed by atoms with Crippen molar-refractivity contribution in [3.8, 4) is 22.5 Å². The van der Waals surface area contributed by atoms with E-state index in [4.69, 9.17) is 19.4 Å². The van der Waals surface area contributed by atoms with Crippen molar-refractivity contribution in [2.75, 3.05) is 64.9 Å². The number of halogens is 1. The Kier molecular flexibility index (Phi) is 14.4. The number of nitrogens with zero attached hydrogens (tertiary/aromatic N) is 9. The lowest BCUT2D eigenvalue weighted by Crippen LogP contribution is -2.62. The van der Waals surface area contributed by atoms with Crippen molar-refractivity contribution in [1.82, 2.24) is 50.0 Å². The number of pyridine rings is 2. The number of piperazine rings is 1. The number of esters is 1. The number of aryl methyl sites for hydroxylation is 1. The predicted molar refractivity (Wildman–Crippen MR) is 294 cm³/mol. The second-order valence-corrected chi connectivity index (χ2v) is 24.2. The number of anilines is 1. The summed E-state index contributed by atoms with van der Waals surface area (Å²) in [5.41, 5.74) is 8.68. The Morgan fingerprint density at radius 2 is 1.81 bits per heavy atom. The zero-order valence-electron chi connectivity index (χ0n) is 45.8. The fraction of sp³-hybridized carbons (Fsp3) is 0.569. The molecule has 5 aromatic rings. The fourth-order valence-electron chi connectivity index (χ4n) is 13.2. The summed E-state index contributed by atoms with van der Waals surface area (Å²) in [5.74, 6) is -2.16. The summed E-state index contributed by atoms with van der Waals surface area (Å²) in [4.78, 5) is 81.3. The van der Waals surface area contributed by atoms with E-state index in [0.29, 0.717) is 43.8 Å². The Balaban J connectivity index is 0.942. The largest absolute Gasteiger partial charge is 0.464 e. The van der Waals surface area contributed by atoms with Crippen LogP contribution in [0.15, 0.2) is 60.2 Å². The van der Waals surface area contributed by atoms with E-state index in [9.17, 15) is 19.2 Å². The molecule has 17 nitrogen and oxygen atoms in total. The van der Waals surface area contributed by atoms with Gasteiger partial charge in [0.25, 0.3) is 5.91 Å². The number of rotatable bonds is 10. The molecule has 4 aliphatic heterocycles. The number of nitrogens with one attached hydrogen (secondary N) is 2. The van der Waals surface area contributed by atoms with E-state index in [1.807, 2.05) is 25.4 Å². The van der Waals surface area contributed by atoms with Crippen LogP contribution in [-0.4, -0.2) is 153 Å². The number of likely N-dealkylation sites (N-methyl/N-ethyl adjacent to an activating group) is 1. The van der Waals surface area contributed by atoms with Crippen molar-refractivity contribution in [3.05, 3.63) is 82.2 Å². The van der Waals surface area contributed by atoms with E-state index >= 15 is 4.39 Å². The Bertz CT molecular complexity index is 3040. The van der Waals surface area contributed by atoms with E-state index in [-0.39, 0.29) is 31.2 Å². The second-order valence-electron chi connectivity index (χ2n) is 23.3. The molecule has 2 unspecified atom stereocenters. The molecule has 4 aromatic heterocycles.